The van der Waals surface area contributed by atoms with E-state index in [1.54, 1.807) is 0 Å². The summed E-state index contributed by atoms with van der Waals surface area (Å²) in [6.07, 6.45) is 1.59. The summed E-state index contributed by atoms with van der Waals surface area (Å²) in [5.41, 5.74) is 1.96. The Morgan fingerprint density at radius 3 is 2.79 bits per heavy atom. The zero-order valence-corrected chi connectivity index (χ0v) is 12.7. The Balaban J connectivity index is 2.11. The third-order valence-corrected chi connectivity index (χ3v) is 4.42. The normalized spacial score (nSPS) is 21.1. The van der Waals surface area contributed by atoms with Crippen LogP contribution < -0.4 is 0 Å². The van der Waals surface area contributed by atoms with E-state index >= 15 is 0 Å². The number of hydrogen-bond acceptors (Lipinski definition) is 3. The van der Waals surface area contributed by atoms with Gasteiger partial charge in [0.2, 0.25) is 0 Å². The lowest BCUT2D eigenvalue weighted by molar-refractivity contribution is -0.126. The van der Waals surface area contributed by atoms with Gasteiger partial charge in [0.1, 0.15) is 5.78 Å². The van der Waals surface area contributed by atoms with Gasteiger partial charge in [0, 0.05) is 38.5 Å². The third kappa shape index (κ3) is 3.00. The summed E-state index contributed by atoms with van der Waals surface area (Å²) in [6, 6.07) is 0. The molecule has 0 aliphatic carbocycles. The number of hydrogen-bond donors (Lipinski definition) is 0. The number of aryl methyl sites for hydroxylation is 2. The fourth-order valence-corrected chi connectivity index (χ4v) is 2.90. The van der Waals surface area contributed by atoms with Crippen LogP contribution in [0.15, 0.2) is 0 Å². The number of carbonyl (C=O) groups excluding carboxylic acids is 1. The second kappa shape index (κ2) is 6.06. The van der Waals surface area contributed by atoms with Crippen LogP contribution in [0, 0.1) is 12.8 Å². The van der Waals surface area contributed by atoms with Gasteiger partial charge in [-0.1, -0.05) is 18.5 Å². The first-order valence-electron chi connectivity index (χ1n) is 7.03. The van der Waals surface area contributed by atoms with E-state index in [4.69, 9.17) is 11.6 Å². The summed E-state index contributed by atoms with van der Waals surface area (Å²) in [5.74, 6) is 0.594. The summed E-state index contributed by atoms with van der Waals surface area (Å²) in [7, 11) is 0. The second-order valence-corrected chi connectivity index (χ2v) is 5.60. The molecule has 19 heavy (non-hydrogen) atoms. The smallest absolute Gasteiger partial charge is 0.138 e. The highest BCUT2D eigenvalue weighted by atomic mass is 35.5. The van der Waals surface area contributed by atoms with Crippen LogP contribution >= 0.6 is 11.6 Å². The number of rotatable bonds is 4. The van der Waals surface area contributed by atoms with Crippen molar-refractivity contribution in [3.8, 4) is 0 Å². The fourth-order valence-electron chi connectivity index (χ4n) is 2.71. The van der Waals surface area contributed by atoms with E-state index in [-0.39, 0.29) is 5.92 Å². The molecule has 0 amide bonds. The lowest BCUT2D eigenvalue weighted by Gasteiger charge is -2.31. The lowest BCUT2D eigenvalue weighted by atomic mass is 9.94. The molecule has 4 nitrogen and oxygen atoms in total. The molecule has 0 bridgehead atoms. The number of ketones is 1. The van der Waals surface area contributed by atoms with E-state index in [9.17, 15) is 4.79 Å². The molecular weight excluding hydrogens is 262 g/mol. The van der Waals surface area contributed by atoms with Crippen LogP contribution in [0.4, 0.5) is 0 Å². The molecule has 0 radical (unpaired) electrons. The van der Waals surface area contributed by atoms with Gasteiger partial charge in [-0.2, -0.15) is 5.10 Å². The first kappa shape index (κ1) is 14.5. The number of likely N-dealkylation sites (tertiary alicyclic amines) is 1. The van der Waals surface area contributed by atoms with Crippen molar-refractivity contribution in [3.63, 3.8) is 0 Å². The zero-order valence-electron chi connectivity index (χ0n) is 11.9. The minimum atomic E-state index is 0.187. The van der Waals surface area contributed by atoms with Gasteiger partial charge in [0.25, 0.3) is 0 Å². The number of aromatic nitrogens is 2. The Bertz CT molecular complexity index is 470. The predicted octanol–water partition coefficient (Wildman–Crippen LogP) is 2.67. The van der Waals surface area contributed by atoms with Crippen molar-refractivity contribution in [1.82, 2.24) is 14.7 Å². The molecule has 0 saturated carbocycles. The highest BCUT2D eigenvalue weighted by molar-refractivity contribution is 6.31. The van der Waals surface area contributed by atoms with Gasteiger partial charge in [0.05, 0.1) is 16.4 Å². The van der Waals surface area contributed by atoms with Gasteiger partial charge in [-0.3, -0.25) is 14.4 Å². The van der Waals surface area contributed by atoms with Crippen LogP contribution in [-0.2, 0) is 17.9 Å². The van der Waals surface area contributed by atoms with Crippen molar-refractivity contribution >= 4 is 17.4 Å². The van der Waals surface area contributed by atoms with Crippen molar-refractivity contribution < 1.29 is 4.79 Å². The summed E-state index contributed by atoms with van der Waals surface area (Å²) < 4.78 is 1.97. The van der Waals surface area contributed by atoms with E-state index < -0.39 is 0 Å². The molecule has 2 rings (SSSR count). The maximum atomic E-state index is 11.7. The van der Waals surface area contributed by atoms with E-state index in [2.05, 4.69) is 23.8 Å². The van der Waals surface area contributed by atoms with E-state index in [1.165, 1.54) is 0 Å². The Kier molecular flexibility index (Phi) is 4.63. The number of piperidine rings is 1. The van der Waals surface area contributed by atoms with Crippen LogP contribution in [0.3, 0.4) is 0 Å². The molecule has 2 heterocycles. The Morgan fingerprint density at radius 2 is 2.16 bits per heavy atom. The molecule has 1 atom stereocenters. The van der Waals surface area contributed by atoms with Crippen molar-refractivity contribution in [3.05, 3.63) is 16.4 Å². The molecule has 1 aliphatic rings. The van der Waals surface area contributed by atoms with Gasteiger partial charge in [-0.25, -0.2) is 0 Å². The minimum Gasteiger partial charge on any atom is -0.299 e. The Hall–Kier alpha value is -0.870. The summed E-state index contributed by atoms with van der Waals surface area (Å²) in [6.45, 7) is 9.39. The number of halogens is 1. The minimum absolute atomic E-state index is 0.187. The number of carbonyl (C=O) groups is 1. The highest BCUT2D eigenvalue weighted by Gasteiger charge is 2.27. The van der Waals surface area contributed by atoms with E-state index in [0.717, 1.165) is 49.0 Å². The first-order valence-corrected chi connectivity index (χ1v) is 7.41. The van der Waals surface area contributed by atoms with Crippen LogP contribution in [0.2, 0.25) is 5.02 Å². The monoisotopic (exact) mass is 283 g/mol. The molecule has 0 spiro atoms. The van der Waals surface area contributed by atoms with Crippen LogP contribution in [0.25, 0.3) is 0 Å². The predicted molar refractivity (Wildman–Crippen MR) is 76.3 cm³/mol. The Morgan fingerprint density at radius 1 is 1.42 bits per heavy atom. The largest absolute Gasteiger partial charge is 0.299 e. The molecule has 0 aromatic carbocycles. The zero-order chi connectivity index (χ0) is 14.0. The second-order valence-electron chi connectivity index (χ2n) is 5.22. The maximum absolute atomic E-state index is 11.7. The summed E-state index contributed by atoms with van der Waals surface area (Å²) in [4.78, 5) is 14.1. The van der Waals surface area contributed by atoms with Gasteiger partial charge >= 0.3 is 0 Å². The van der Waals surface area contributed by atoms with Crippen molar-refractivity contribution in [2.75, 3.05) is 13.1 Å². The van der Waals surface area contributed by atoms with Crippen molar-refractivity contribution in [1.29, 1.82) is 0 Å². The summed E-state index contributed by atoms with van der Waals surface area (Å²) in [5, 5.41) is 5.21. The molecule has 1 saturated heterocycles. The van der Waals surface area contributed by atoms with Crippen LogP contribution in [-0.4, -0.2) is 33.6 Å². The third-order valence-electron chi connectivity index (χ3n) is 3.93. The molecule has 0 N–H and O–H groups in total. The van der Waals surface area contributed by atoms with Gasteiger partial charge in [-0.15, -0.1) is 0 Å². The molecule has 1 aromatic rings. The topological polar surface area (TPSA) is 38.1 Å². The fraction of sp³-hybridized carbons (Fsp3) is 0.714. The van der Waals surface area contributed by atoms with Gasteiger partial charge in [0.15, 0.2) is 0 Å². The van der Waals surface area contributed by atoms with Gasteiger partial charge < -0.3 is 0 Å². The van der Waals surface area contributed by atoms with Crippen LogP contribution in [0.5, 0.6) is 0 Å². The first-order chi connectivity index (χ1) is 9.06. The molecule has 106 valence electrons. The van der Waals surface area contributed by atoms with Crippen molar-refractivity contribution in [2.45, 2.75) is 46.7 Å². The maximum Gasteiger partial charge on any atom is 0.138 e. The lowest BCUT2D eigenvalue weighted by Crippen LogP contribution is -2.40. The van der Waals surface area contributed by atoms with Crippen molar-refractivity contribution in [2.24, 2.45) is 5.92 Å². The molecule has 1 unspecified atom stereocenters. The number of Topliss-reactive ketones (excluding diaryl/α,β-unsaturated/α-hetero) is 1. The van der Waals surface area contributed by atoms with E-state index in [1.807, 2.05) is 11.6 Å². The average Bonchev–Trinajstić information content (AvgIpc) is 2.68. The molecule has 1 aromatic heterocycles. The standard InChI is InChI=1S/C14H22ClN3O/c1-4-11-8-17(7-6-13(11)19)9-12-14(15)10(3)16-18(12)5-2/h11H,4-9H2,1-3H3. The molecule has 1 aliphatic heterocycles. The molecular formula is C14H22ClN3O. The molecule has 1 fully saturated rings. The Labute approximate surface area is 119 Å². The quantitative estimate of drug-likeness (QED) is 0.853. The van der Waals surface area contributed by atoms with Gasteiger partial charge in [-0.05, 0) is 20.3 Å². The summed E-state index contributed by atoms with van der Waals surface area (Å²) >= 11 is 6.33. The van der Waals surface area contributed by atoms with E-state index in [0.29, 0.717) is 12.2 Å². The van der Waals surface area contributed by atoms with Crippen LogP contribution in [0.1, 0.15) is 38.1 Å². The molecule has 5 heteroatoms. The highest BCUT2D eigenvalue weighted by Crippen LogP contribution is 2.24. The SMILES string of the molecule is CCC1CN(Cc2c(Cl)c(C)nn2CC)CCC1=O. The number of nitrogens with zero attached hydrogens (tertiary/aromatic N) is 3. The average molecular weight is 284 g/mol.